The number of aromatic nitrogens is 1. The van der Waals surface area contributed by atoms with Crippen molar-refractivity contribution in [2.75, 3.05) is 0 Å². The Bertz CT molecular complexity index is 374. The molecule has 0 fully saturated rings. The van der Waals surface area contributed by atoms with Crippen molar-refractivity contribution in [1.82, 2.24) is 4.98 Å². The van der Waals surface area contributed by atoms with Gasteiger partial charge in [0, 0.05) is 18.5 Å². The molecule has 0 aliphatic carbocycles. The second-order valence-electron chi connectivity index (χ2n) is 3.56. The molecule has 0 N–H and O–H groups in total. The molecule has 0 amide bonds. The van der Waals surface area contributed by atoms with Crippen LogP contribution in [-0.4, -0.2) is 16.9 Å². The smallest absolute Gasteiger partial charge is 0.292 e. The van der Waals surface area contributed by atoms with Gasteiger partial charge < -0.3 is 0 Å². The van der Waals surface area contributed by atoms with Gasteiger partial charge in [-0.3, -0.25) is 9.78 Å². The summed E-state index contributed by atoms with van der Waals surface area (Å²) in [6.07, 6.45) is -5.42. The average molecular weight is 231 g/mol. The van der Waals surface area contributed by atoms with Crippen LogP contribution < -0.4 is 0 Å². The zero-order valence-corrected chi connectivity index (χ0v) is 8.84. The summed E-state index contributed by atoms with van der Waals surface area (Å²) in [5.41, 5.74) is 0.920. The Morgan fingerprint density at radius 3 is 2.62 bits per heavy atom. The molecule has 0 unspecified atom stereocenters. The molecule has 0 saturated heterocycles. The van der Waals surface area contributed by atoms with Crippen LogP contribution in [0.2, 0.25) is 0 Å². The molecule has 16 heavy (non-hydrogen) atoms. The zero-order valence-electron chi connectivity index (χ0n) is 8.84. The van der Waals surface area contributed by atoms with Crippen molar-refractivity contribution in [3.8, 4) is 0 Å². The molecule has 0 bridgehead atoms. The number of aryl methyl sites for hydroxylation is 1. The van der Waals surface area contributed by atoms with E-state index in [2.05, 4.69) is 4.98 Å². The van der Waals surface area contributed by atoms with E-state index in [-0.39, 0.29) is 24.3 Å². The third-order valence-electron chi connectivity index (χ3n) is 2.04. The zero-order chi connectivity index (χ0) is 12.2. The Kier molecular flexibility index (Phi) is 4.04. The molecule has 1 aromatic rings. The molecule has 0 aromatic carbocycles. The fourth-order valence-corrected chi connectivity index (χ4v) is 1.28. The number of rotatable bonds is 4. The average Bonchev–Trinajstić information content (AvgIpc) is 2.15. The molecule has 1 aromatic heterocycles. The Morgan fingerprint density at radius 1 is 1.38 bits per heavy atom. The van der Waals surface area contributed by atoms with Gasteiger partial charge >= 0.3 is 6.18 Å². The summed E-state index contributed by atoms with van der Waals surface area (Å²) in [7, 11) is 0. The molecule has 1 heterocycles. The number of carbonyl (C=O) groups is 1. The molecule has 5 heteroatoms. The highest BCUT2D eigenvalue weighted by molar-refractivity contribution is 5.94. The fourth-order valence-electron chi connectivity index (χ4n) is 1.28. The third-order valence-corrected chi connectivity index (χ3v) is 2.04. The van der Waals surface area contributed by atoms with Gasteiger partial charge in [-0.2, -0.15) is 13.2 Å². The van der Waals surface area contributed by atoms with Gasteiger partial charge in [0.2, 0.25) is 0 Å². The second-order valence-corrected chi connectivity index (χ2v) is 3.56. The van der Waals surface area contributed by atoms with Crippen molar-refractivity contribution in [3.05, 3.63) is 29.6 Å². The third kappa shape index (κ3) is 4.42. The molecule has 0 atom stereocenters. The molecule has 0 aliphatic heterocycles. The molecular formula is C11H12F3NO. The second kappa shape index (κ2) is 5.09. The van der Waals surface area contributed by atoms with E-state index in [1.807, 2.05) is 0 Å². The van der Waals surface area contributed by atoms with Gasteiger partial charge in [-0.15, -0.1) is 0 Å². The van der Waals surface area contributed by atoms with Crippen molar-refractivity contribution in [2.24, 2.45) is 0 Å². The summed E-state index contributed by atoms with van der Waals surface area (Å²) in [4.78, 5) is 15.4. The molecule has 2 nitrogen and oxygen atoms in total. The first-order chi connectivity index (χ1) is 7.38. The molecule has 88 valence electrons. The monoisotopic (exact) mass is 231 g/mol. The normalized spacial score (nSPS) is 11.5. The number of nitrogens with zero attached hydrogens (tertiary/aromatic N) is 1. The van der Waals surface area contributed by atoms with Crippen LogP contribution in [-0.2, 0) is 0 Å². The first-order valence-corrected chi connectivity index (χ1v) is 4.92. The minimum absolute atomic E-state index is 0.115. The van der Waals surface area contributed by atoms with Gasteiger partial charge in [0.15, 0.2) is 5.78 Å². The Hall–Kier alpha value is -1.39. The number of Topliss-reactive ketones (excluding diaryl/α,β-unsaturated/α-hetero) is 1. The van der Waals surface area contributed by atoms with Gasteiger partial charge in [-0.1, -0.05) is 6.07 Å². The van der Waals surface area contributed by atoms with Crippen LogP contribution in [0.3, 0.4) is 0 Å². The number of ketones is 1. The van der Waals surface area contributed by atoms with Crippen molar-refractivity contribution >= 4 is 5.78 Å². The standard InChI is InChI=1S/C11H12F3NO/c1-8-4-2-5-9(15-8)10(16)6-3-7-11(12,13)14/h2,4-5H,3,6-7H2,1H3. The van der Waals surface area contributed by atoms with Crippen molar-refractivity contribution in [2.45, 2.75) is 32.4 Å². The summed E-state index contributed by atoms with van der Waals surface area (Å²) in [6, 6.07) is 4.91. The highest BCUT2D eigenvalue weighted by Crippen LogP contribution is 2.22. The van der Waals surface area contributed by atoms with Gasteiger partial charge in [-0.05, 0) is 25.5 Å². The molecule has 0 radical (unpaired) electrons. The summed E-state index contributed by atoms with van der Waals surface area (Å²) in [5.74, 6) is -0.340. The van der Waals surface area contributed by atoms with E-state index in [1.54, 1.807) is 19.1 Å². The SMILES string of the molecule is Cc1cccc(C(=O)CCCC(F)(F)F)n1. The summed E-state index contributed by atoms with van der Waals surface area (Å²) in [5, 5.41) is 0. The summed E-state index contributed by atoms with van der Waals surface area (Å²) >= 11 is 0. The van der Waals surface area contributed by atoms with Crippen LogP contribution >= 0.6 is 0 Å². The lowest BCUT2D eigenvalue weighted by Gasteiger charge is -2.05. The van der Waals surface area contributed by atoms with E-state index in [0.717, 1.165) is 0 Å². The predicted octanol–water partition coefficient (Wildman–Crippen LogP) is 3.31. The van der Waals surface area contributed by atoms with Crippen molar-refractivity contribution in [3.63, 3.8) is 0 Å². The highest BCUT2D eigenvalue weighted by Gasteiger charge is 2.26. The van der Waals surface area contributed by atoms with Gasteiger partial charge in [0.1, 0.15) is 5.69 Å². The number of hydrogen-bond acceptors (Lipinski definition) is 2. The van der Waals surface area contributed by atoms with Gasteiger partial charge in [-0.25, -0.2) is 0 Å². The minimum atomic E-state index is -4.19. The number of hydrogen-bond donors (Lipinski definition) is 0. The lowest BCUT2D eigenvalue weighted by atomic mass is 10.1. The fraction of sp³-hybridized carbons (Fsp3) is 0.455. The lowest BCUT2D eigenvalue weighted by Crippen LogP contribution is -2.09. The minimum Gasteiger partial charge on any atom is -0.292 e. The molecule has 0 aliphatic rings. The molecule has 0 saturated carbocycles. The number of pyridine rings is 1. The number of alkyl halides is 3. The van der Waals surface area contributed by atoms with Crippen LogP contribution in [0.5, 0.6) is 0 Å². The maximum absolute atomic E-state index is 11.8. The maximum atomic E-state index is 11.8. The van der Waals surface area contributed by atoms with Crippen LogP contribution in [0, 0.1) is 6.92 Å². The van der Waals surface area contributed by atoms with E-state index >= 15 is 0 Å². The Balaban J connectivity index is 2.47. The molecule has 0 spiro atoms. The van der Waals surface area contributed by atoms with Crippen molar-refractivity contribution in [1.29, 1.82) is 0 Å². The van der Waals surface area contributed by atoms with E-state index < -0.39 is 12.6 Å². The Labute approximate surface area is 91.5 Å². The van der Waals surface area contributed by atoms with Crippen LogP contribution in [0.25, 0.3) is 0 Å². The predicted molar refractivity (Wildman–Crippen MR) is 53.2 cm³/mol. The first kappa shape index (κ1) is 12.7. The topological polar surface area (TPSA) is 30.0 Å². The molecule has 1 rings (SSSR count). The summed E-state index contributed by atoms with van der Waals surface area (Å²) < 4.78 is 35.5. The Morgan fingerprint density at radius 2 is 2.06 bits per heavy atom. The van der Waals surface area contributed by atoms with Crippen molar-refractivity contribution < 1.29 is 18.0 Å². The highest BCUT2D eigenvalue weighted by atomic mass is 19.4. The summed E-state index contributed by atoms with van der Waals surface area (Å²) in [6.45, 7) is 1.73. The number of halogens is 3. The van der Waals surface area contributed by atoms with Gasteiger partial charge in [0.25, 0.3) is 0 Å². The van der Waals surface area contributed by atoms with E-state index in [1.165, 1.54) is 6.07 Å². The van der Waals surface area contributed by atoms with Crippen LogP contribution in [0.4, 0.5) is 13.2 Å². The van der Waals surface area contributed by atoms with Gasteiger partial charge in [0.05, 0.1) is 0 Å². The van der Waals surface area contributed by atoms with E-state index in [4.69, 9.17) is 0 Å². The first-order valence-electron chi connectivity index (χ1n) is 4.92. The van der Waals surface area contributed by atoms with Crippen LogP contribution in [0.1, 0.15) is 35.4 Å². The number of carbonyl (C=O) groups excluding carboxylic acids is 1. The molecular weight excluding hydrogens is 219 g/mol. The quantitative estimate of drug-likeness (QED) is 0.744. The van der Waals surface area contributed by atoms with E-state index in [0.29, 0.717) is 5.69 Å². The maximum Gasteiger partial charge on any atom is 0.389 e. The van der Waals surface area contributed by atoms with Crippen LogP contribution in [0.15, 0.2) is 18.2 Å². The largest absolute Gasteiger partial charge is 0.389 e. The van der Waals surface area contributed by atoms with E-state index in [9.17, 15) is 18.0 Å². The lowest BCUT2D eigenvalue weighted by molar-refractivity contribution is -0.135.